The summed E-state index contributed by atoms with van der Waals surface area (Å²) in [5, 5.41) is 17.5. The summed E-state index contributed by atoms with van der Waals surface area (Å²) in [5.74, 6) is 0. The van der Waals surface area contributed by atoms with Crippen molar-refractivity contribution in [3.8, 4) is 0 Å². The van der Waals surface area contributed by atoms with Gasteiger partial charge in [0, 0.05) is 0 Å². The zero-order valence-corrected chi connectivity index (χ0v) is 15.0. The second-order valence-electron chi connectivity index (χ2n) is 3.97. The van der Waals surface area contributed by atoms with Gasteiger partial charge in [0.1, 0.15) is 0 Å². The fraction of sp³-hybridized carbons (Fsp3) is 0.462. The van der Waals surface area contributed by atoms with E-state index in [0.29, 0.717) is 13.1 Å². The average molecular weight is 388 g/mol. The topological polar surface area (TPSA) is 195 Å². The first-order chi connectivity index (χ1) is 11.5. The van der Waals surface area contributed by atoms with Crippen molar-refractivity contribution in [2.75, 3.05) is 26.3 Å². The molecular formula is C13H19MnN9O2. The van der Waals surface area contributed by atoms with Gasteiger partial charge in [-0.25, -0.2) is 4.98 Å². The fourth-order valence-corrected chi connectivity index (χ4v) is 1.44. The van der Waals surface area contributed by atoms with E-state index in [1.807, 2.05) is 32.0 Å². The molecule has 2 N–H and O–H groups in total. The summed E-state index contributed by atoms with van der Waals surface area (Å²) >= 11 is 0. The second kappa shape index (κ2) is 19.6. The maximum absolute atomic E-state index is 8.73. The first kappa shape index (κ1) is 27.4. The fourth-order valence-electron chi connectivity index (χ4n) is 1.44. The van der Waals surface area contributed by atoms with Gasteiger partial charge in [-0.15, -0.1) is 0 Å². The van der Waals surface area contributed by atoms with Gasteiger partial charge in [0.2, 0.25) is 0 Å². The third kappa shape index (κ3) is 14.9. The van der Waals surface area contributed by atoms with Crippen molar-refractivity contribution in [1.82, 2.24) is 4.98 Å². The molecule has 1 aromatic heterocycles. The van der Waals surface area contributed by atoms with E-state index in [-0.39, 0.29) is 30.3 Å². The molecule has 0 aromatic carbocycles. The molecule has 0 spiro atoms. The number of aliphatic imine (C=N–C) groups is 2. The van der Waals surface area contributed by atoms with Crippen LogP contribution >= 0.6 is 0 Å². The Morgan fingerprint density at radius 1 is 0.920 bits per heavy atom. The zero-order valence-electron chi connectivity index (χ0n) is 13.9. The molecule has 0 bridgehead atoms. The van der Waals surface area contributed by atoms with Gasteiger partial charge in [-0.1, -0.05) is 6.07 Å². The summed E-state index contributed by atoms with van der Waals surface area (Å²) in [6.45, 7) is 4.57. The normalized spacial score (nSPS) is 9.92. The number of nitrogens with zero attached hydrogens (tertiary/aromatic N) is 9. The number of rotatable bonds is 6. The Bertz CT molecular complexity index is 558. The number of aliphatic hydroxyl groups excluding tert-OH is 2. The number of pyridine rings is 1. The predicted octanol–water partition coefficient (Wildman–Crippen LogP) is 2.41. The molecule has 0 fully saturated rings. The summed E-state index contributed by atoms with van der Waals surface area (Å²) in [7, 11) is 0. The van der Waals surface area contributed by atoms with E-state index in [2.05, 4.69) is 15.0 Å². The maximum Gasteiger partial charge on any atom is 2.00 e. The van der Waals surface area contributed by atoms with Crippen molar-refractivity contribution < 1.29 is 27.3 Å². The molecule has 1 rings (SSSR count). The Balaban J connectivity index is -0.000000606. The van der Waals surface area contributed by atoms with Crippen LogP contribution in [0, 0.1) is 0 Å². The van der Waals surface area contributed by atoms with Gasteiger partial charge in [-0.3, -0.25) is 19.8 Å². The number of hydrogen-bond acceptors (Lipinski definition) is 5. The molecule has 135 valence electrons. The largest absolute Gasteiger partial charge is 2.00 e. The molecule has 0 amide bonds. The Labute approximate surface area is 155 Å². The third-order valence-electron chi connectivity index (χ3n) is 2.39. The monoisotopic (exact) mass is 388 g/mol. The Morgan fingerprint density at radius 2 is 1.24 bits per heavy atom. The van der Waals surface area contributed by atoms with E-state index >= 15 is 0 Å². The molecule has 0 saturated heterocycles. The van der Waals surface area contributed by atoms with Gasteiger partial charge < -0.3 is 32.3 Å². The van der Waals surface area contributed by atoms with Crippen LogP contribution in [0.3, 0.4) is 0 Å². The van der Waals surface area contributed by atoms with Gasteiger partial charge in [-0.2, -0.15) is 0 Å². The quantitative estimate of drug-likeness (QED) is 0.248. The van der Waals surface area contributed by atoms with Crippen molar-refractivity contribution in [3.05, 3.63) is 61.5 Å². The minimum absolute atomic E-state index is 0. The van der Waals surface area contributed by atoms with Crippen LogP contribution in [-0.4, -0.2) is 52.9 Å². The van der Waals surface area contributed by atoms with E-state index in [0.717, 1.165) is 22.8 Å². The van der Waals surface area contributed by atoms with Crippen LogP contribution in [0.15, 0.2) is 28.2 Å². The van der Waals surface area contributed by atoms with Gasteiger partial charge >= 0.3 is 17.1 Å². The van der Waals surface area contributed by atoms with E-state index in [1.165, 1.54) is 9.82 Å². The van der Waals surface area contributed by atoms with Crippen LogP contribution in [0.2, 0.25) is 0 Å². The molecule has 0 saturated carbocycles. The molecule has 12 heteroatoms. The Hall–Kier alpha value is -2.45. The van der Waals surface area contributed by atoms with Crippen LogP contribution in [0.4, 0.5) is 0 Å². The van der Waals surface area contributed by atoms with E-state index in [4.69, 9.17) is 32.3 Å². The van der Waals surface area contributed by atoms with E-state index in [9.17, 15) is 0 Å². The minimum Gasteiger partial charge on any atom is -0.394 e. The molecule has 1 heterocycles. The van der Waals surface area contributed by atoms with Crippen LogP contribution < -0.4 is 0 Å². The summed E-state index contributed by atoms with van der Waals surface area (Å²) in [4.78, 5) is 15.9. The molecule has 11 nitrogen and oxygen atoms in total. The average Bonchev–Trinajstić information content (AvgIpc) is 2.59. The number of aromatic nitrogens is 1. The van der Waals surface area contributed by atoms with Crippen molar-refractivity contribution in [2.45, 2.75) is 13.8 Å². The van der Waals surface area contributed by atoms with Gasteiger partial charge in [-0.05, 0) is 26.0 Å². The predicted molar refractivity (Wildman–Crippen MR) is 92.7 cm³/mol. The summed E-state index contributed by atoms with van der Waals surface area (Å²) in [6.07, 6.45) is 0. The minimum atomic E-state index is 0. The molecule has 0 aliphatic carbocycles. The van der Waals surface area contributed by atoms with Gasteiger partial charge in [0.25, 0.3) is 0 Å². The zero-order chi connectivity index (χ0) is 18.8. The summed E-state index contributed by atoms with van der Waals surface area (Å²) in [5.41, 5.74) is 30.1. The van der Waals surface area contributed by atoms with Crippen LogP contribution in [0.1, 0.15) is 25.2 Å². The van der Waals surface area contributed by atoms with Gasteiger partial charge in [0.15, 0.2) is 0 Å². The number of hydrogen-bond donors (Lipinski definition) is 2. The van der Waals surface area contributed by atoms with Crippen molar-refractivity contribution in [1.29, 1.82) is 0 Å². The second-order valence-corrected chi connectivity index (χ2v) is 3.97. The summed E-state index contributed by atoms with van der Waals surface area (Å²) in [6, 6.07) is 5.64. The third-order valence-corrected chi connectivity index (χ3v) is 2.39. The number of aliphatic hydroxyl groups is 2. The first-order valence-electron chi connectivity index (χ1n) is 6.70. The first-order valence-corrected chi connectivity index (χ1v) is 6.70. The Morgan fingerprint density at radius 3 is 1.52 bits per heavy atom. The molecule has 0 unspecified atom stereocenters. The van der Waals surface area contributed by atoms with Crippen molar-refractivity contribution in [2.24, 2.45) is 9.98 Å². The molecule has 0 aliphatic rings. The molecule has 1 aromatic rings. The van der Waals surface area contributed by atoms with Crippen LogP contribution in [-0.2, 0) is 17.1 Å². The Kier molecular flexibility index (Phi) is 21.5. The van der Waals surface area contributed by atoms with E-state index in [1.54, 1.807) is 0 Å². The van der Waals surface area contributed by atoms with Crippen LogP contribution in [0.25, 0.3) is 31.9 Å². The smallest absolute Gasteiger partial charge is 0.394 e. The molecule has 0 atom stereocenters. The van der Waals surface area contributed by atoms with Crippen molar-refractivity contribution in [3.63, 3.8) is 0 Å². The maximum atomic E-state index is 8.73. The van der Waals surface area contributed by atoms with E-state index < -0.39 is 0 Å². The molecule has 25 heavy (non-hydrogen) atoms. The van der Waals surface area contributed by atoms with Crippen LogP contribution in [0.5, 0.6) is 0 Å². The molecule has 0 aliphatic heterocycles. The van der Waals surface area contributed by atoms with Crippen molar-refractivity contribution >= 4 is 11.4 Å². The summed E-state index contributed by atoms with van der Waals surface area (Å²) < 4.78 is 0. The SMILES string of the molecule is CC(=NCCO)c1cccc(C(C)=NCCO)n1.[Mn+2].[N-]=[N+]=[N-].[N-]=[N+]=[N-]. The standard InChI is InChI=1S/C13H19N3O2.Mn.2N3/c1-10(14-6-8-17)12-4-3-5-13(16-12)11(2)15-7-9-18;;2*1-3-2/h3-5,17-18H,6-9H2,1-2H3;;;/q;+2;2*-1. The molecular weight excluding hydrogens is 369 g/mol. The molecule has 1 radical (unpaired) electrons. The van der Waals surface area contributed by atoms with Gasteiger partial charge in [0.05, 0.1) is 49.1 Å².